The van der Waals surface area contributed by atoms with Gasteiger partial charge in [0.15, 0.2) is 0 Å². The van der Waals surface area contributed by atoms with Crippen molar-refractivity contribution in [3.05, 3.63) is 34.9 Å². The van der Waals surface area contributed by atoms with E-state index in [-0.39, 0.29) is 12.0 Å². The van der Waals surface area contributed by atoms with E-state index in [4.69, 9.17) is 16.3 Å². The first kappa shape index (κ1) is 13.7. The quantitative estimate of drug-likeness (QED) is 0.839. The normalized spacial score (nSPS) is 14.4. The SMILES string of the molecule is O=C(NCCCN1CCOC1=O)c1ccccc1Cl. The third kappa shape index (κ3) is 3.61. The van der Waals surface area contributed by atoms with Crippen LogP contribution in [-0.4, -0.2) is 43.1 Å². The van der Waals surface area contributed by atoms with Crippen LogP contribution in [0.4, 0.5) is 4.79 Å². The second kappa shape index (κ2) is 6.43. The molecule has 0 aromatic heterocycles. The van der Waals surface area contributed by atoms with Crippen molar-refractivity contribution in [2.45, 2.75) is 6.42 Å². The van der Waals surface area contributed by atoms with Crippen LogP contribution in [0.5, 0.6) is 0 Å². The minimum absolute atomic E-state index is 0.199. The summed E-state index contributed by atoms with van der Waals surface area (Å²) in [6.07, 6.45) is 0.406. The zero-order valence-corrected chi connectivity index (χ0v) is 11.2. The Kier molecular flexibility index (Phi) is 4.63. The third-order valence-electron chi connectivity index (χ3n) is 2.85. The minimum atomic E-state index is -0.280. The molecule has 0 unspecified atom stereocenters. The van der Waals surface area contributed by atoms with Crippen LogP contribution in [-0.2, 0) is 4.74 Å². The van der Waals surface area contributed by atoms with Crippen LogP contribution in [0.1, 0.15) is 16.8 Å². The molecule has 102 valence electrons. The summed E-state index contributed by atoms with van der Waals surface area (Å²) < 4.78 is 4.81. The van der Waals surface area contributed by atoms with Gasteiger partial charge < -0.3 is 15.0 Å². The number of carbonyl (C=O) groups excluding carboxylic acids is 2. The summed E-state index contributed by atoms with van der Waals surface area (Å²) in [7, 11) is 0. The predicted octanol–water partition coefficient (Wildman–Crippen LogP) is 1.91. The van der Waals surface area contributed by atoms with Gasteiger partial charge in [-0.1, -0.05) is 23.7 Å². The molecule has 1 heterocycles. The van der Waals surface area contributed by atoms with E-state index in [9.17, 15) is 9.59 Å². The minimum Gasteiger partial charge on any atom is -0.448 e. The summed E-state index contributed by atoms with van der Waals surface area (Å²) in [5.41, 5.74) is 0.463. The number of halogens is 1. The average Bonchev–Trinajstić information content (AvgIpc) is 2.80. The Hall–Kier alpha value is -1.75. The fraction of sp³-hybridized carbons (Fsp3) is 0.385. The maximum atomic E-state index is 11.8. The number of ether oxygens (including phenoxy) is 1. The Morgan fingerprint density at radius 2 is 2.21 bits per heavy atom. The van der Waals surface area contributed by atoms with E-state index in [1.54, 1.807) is 29.2 Å². The largest absolute Gasteiger partial charge is 0.448 e. The number of hydrogen-bond acceptors (Lipinski definition) is 3. The van der Waals surface area contributed by atoms with Crippen molar-refractivity contribution in [1.82, 2.24) is 10.2 Å². The van der Waals surface area contributed by atoms with E-state index in [0.29, 0.717) is 43.2 Å². The van der Waals surface area contributed by atoms with Crippen molar-refractivity contribution in [3.8, 4) is 0 Å². The number of cyclic esters (lactones) is 1. The van der Waals surface area contributed by atoms with Crippen LogP contribution in [0.3, 0.4) is 0 Å². The molecule has 1 aromatic rings. The highest BCUT2D eigenvalue weighted by Gasteiger charge is 2.20. The first-order chi connectivity index (χ1) is 9.18. The number of nitrogens with zero attached hydrogens (tertiary/aromatic N) is 1. The highest BCUT2D eigenvalue weighted by Crippen LogP contribution is 2.14. The monoisotopic (exact) mass is 282 g/mol. The van der Waals surface area contributed by atoms with Gasteiger partial charge in [0.05, 0.1) is 17.1 Å². The molecule has 2 amide bonds. The summed E-state index contributed by atoms with van der Waals surface area (Å²) in [5, 5.41) is 3.21. The van der Waals surface area contributed by atoms with Gasteiger partial charge in [-0.3, -0.25) is 4.79 Å². The predicted molar refractivity (Wildman–Crippen MR) is 71.3 cm³/mol. The second-order valence-electron chi connectivity index (χ2n) is 4.19. The number of benzene rings is 1. The van der Waals surface area contributed by atoms with Gasteiger partial charge in [-0.2, -0.15) is 0 Å². The van der Waals surface area contributed by atoms with Crippen molar-refractivity contribution in [3.63, 3.8) is 0 Å². The zero-order valence-electron chi connectivity index (χ0n) is 10.4. The van der Waals surface area contributed by atoms with Crippen LogP contribution in [0, 0.1) is 0 Å². The summed E-state index contributed by atoms with van der Waals surface area (Å²) >= 11 is 5.92. The molecule has 0 atom stereocenters. The number of rotatable bonds is 5. The topological polar surface area (TPSA) is 58.6 Å². The molecule has 1 aromatic carbocycles. The van der Waals surface area contributed by atoms with Crippen molar-refractivity contribution in [2.75, 3.05) is 26.2 Å². The summed E-state index contributed by atoms with van der Waals surface area (Å²) in [6.45, 7) is 2.15. The van der Waals surface area contributed by atoms with E-state index in [2.05, 4.69) is 5.32 Å². The molecule has 1 N–H and O–H groups in total. The molecule has 1 fully saturated rings. The molecule has 0 saturated carbocycles. The van der Waals surface area contributed by atoms with Gasteiger partial charge in [-0.25, -0.2) is 4.79 Å². The van der Waals surface area contributed by atoms with Crippen LogP contribution < -0.4 is 5.32 Å². The highest BCUT2D eigenvalue weighted by atomic mass is 35.5. The number of nitrogens with one attached hydrogen (secondary N) is 1. The first-order valence-electron chi connectivity index (χ1n) is 6.13. The van der Waals surface area contributed by atoms with Gasteiger partial charge in [-0.05, 0) is 18.6 Å². The molecule has 1 saturated heterocycles. The second-order valence-corrected chi connectivity index (χ2v) is 4.60. The summed E-state index contributed by atoms with van der Waals surface area (Å²) in [6, 6.07) is 6.89. The van der Waals surface area contributed by atoms with E-state index in [1.807, 2.05) is 0 Å². The summed E-state index contributed by atoms with van der Waals surface area (Å²) in [4.78, 5) is 24.6. The van der Waals surface area contributed by atoms with E-state index in [1.165, 1.54) is 0 Å². The molecule has 1 aliphatic rings. The van der Waals surface area contributed by atoms with Crippen LogP contribution in [0.25, 0.3) is 0 Å². The lowest BCUT2D eigenvalue weighted by molar-refractivity contribution is 0.0952. The molecule has 0 spiro atoms. The first-order valence-corrected chi connectivity index (χ1v) is 6.50. The third-order valence-corrected chi connectivity index (χ3v) is 3.18. The van der Waals surface area contributed by atoms with E-state index in [0.717, 1.165) is 0 Å². The van der Waals surface area contributed by atoms with Crippen molar-refractivity contribution < 1.29 is 14.3 Å². The number of carbonyl (C=O) groups is 2. The molecule has 0 radical (unpaired) electrons. The van der Waals surface area contributed by atoms with E-state index < -0.39 is 0 Å². The molecule has 2 rings (SSSR count). The van der Waals surface area contributed by atoms with Gasteiger partial charge >= 0.3 is 6.09 Å². The lowest BCUT2D eigenvalue weighted by Gasteiger charge is -2.12. The lowest BCUT2D eigenvalue weighted by atomic mass is 10.2. The highest BCUT2D eigenvalue weighted by molar-refractivity contribution is 6.33. The standard InChI is InChI=1S/C13H15ClN2O3/c14-11-5-2-1-4-10(11)12(17)15-6-3-7-16-8-9-19-13(16)18/h1-2,4-5H,3,6-9H2,(H,15,17). The van der Waals surface area contributed by atoms with Crippen LogP contribution in [0.2, 0.25) is 5.02 Å². The molecule has 5 nitrogen and oxygen atoms in total. The maximum Gasteiger partial charge on any atom is 0.409 e. The Morgan fingerprint density at radius 1 is 1.42 bits per heavy atom. The van der Waals surface area contributed by atoms with Gasteiger partial charge in [0.1, 0.15) is 6.61 Å². The number of hydrogen-bond donors (Lipinski definition) is 1. The van der Waals surface area contributed by atoms with E-state index >= 15 is 0 Å². The van der Waals surface area contributed by atoms with Gasteiger partial charge in [0.25, 0.3) is 5.91 Å². The molecule has 6 heteroatoms. The lowest BCUT2D eigenvalue weighted by Crippen LogP contribution is -2.30. The van der Waals surface area contributed by atoms with Crippen molar-refractivity contribution >= 4 is 23.6 Å². The summed E-state index contributed by atoms with van der Waals surface area (Å²) in [5.74, 6) is -0.199. The zero-order chi connectivity index (χ0) is 13.7. The average molecular weight is 283 g/mol. The Morgan fingerprint density at radius 3 is 2.89 bits per heavy atom. The molecule has 0 bridgehead atoms. The smallest absolute Gasteiger partial charge is 0.409 e. The number of amides is 2. The maximum absolute atomic E-state index is 11.8. The molecule has 1 aliphatic heterocycles. The molecular weight excluding hydrogens is 268 g/mol. The van der Waals surface area contributed by atoms with Crippen molar-refractivity contribution in [2.24, 2.45) is 0 Å². The van der Waals surface area contributed by atoms with Gasteiger partial charge in [0, 0.05) is 13.1 Å². The fourth-order valence-electron chi connectivity index (χ4n) is 1.84. The molecular formula is C13H15ClN2O3. The Labute approximate surface area is 116 Å². The van der Waals surface area contributed by atoms with Gasteiger partial charge in [0.2, 0.25) is 0 Å². The fourth-order valence-corrected chi connectivity index (χ4v) is 2.06. The Bertz CT molecular complexity index is 479. The van der Waals surface area contributed by atoms with Crippen LogP contribution >= 0.6 is 11.6 Å². The van der Waals surface area contributed by atoms with Gasteiger partial charge in [-0.15, -0.1) is 0 Å². The molecule has 0 aliphatic carbocycles. The van der Waals surface area contributed by atoms with Crippen LogP contribution in [0.15, 0.2) is 24.3 Å². The Balaban J connectivity index is 1.72. The van der Waals surface area contributed by atoms with Crippen molar-refractivity contribution in [1.29, 1.82) is 0 Å². The molecule has 19 heavy (non-hydrogen) atoms.